The molecule has 0 aliphatic carbocycles. The first-order chi connectivity index (χ1) is 22.7. The number of halogens is 1. The Morgan fingerprint density at radius 2 is 1.67 bits per heavy atom. The molecule has 1 aliphatic rings. The van der Waals surface area contributed by atoms with Crippen LogP contribution >= 0.6 is 11.6 Å². The molecule has 0 spiro atoms. The third-order valence-corrected chi connectivity index (χ3v) is 8.72. The second-order valence-corrected chi connectivity index (χ2v) is 14.0. The highest BCUT2D eigenvalue weighted by Crippen LogP contribution is 2.45. The molecule has 0 radical (unpaired) electrons. The molecule has 2 amide bonds. The van der Waals surface area contributed by atoms with Crippen LogP contribution in [0.5, 0.6) is 11.5 Å². The van der Waals surface area contributed by atoms with Gasteiger partial charge >= 0.3 is 5.97 Å². The van der Waals surface area contributed by atoms with Crippen molar-refractivity contribution in [2.75, 3.05) is 38.8 Å². The molecule has 0 fully saturated rings. The summed E-state index contributed by atoms with van der Waals surface area (Å²) in [6, 6.07) is 18.2. The average Bonchev–Trinajstić information content (AvgIpc) is 3.15. The molecular formula is C37H45ClN2O8. The lowest BCUT2D eigenvalue weighted by Crippen LogP contribution is -2.46. The number of hydrogen-bond donors (Lipinski definition) is 3. The van der Waals surface area contributed by atoms with E-state index in [1.54, 1.807) is 49.1 Å². The molecule has 3 N–H and O–H groups in total. The summed E-state index contributed by atoms with van der Waals surface area (Å²) in [7, 11) is 3.05. The average molecular weight is 681 g/mol. The largest absolute Gasteiger partial charge is 0.493 e. The van der Waals surface area contributed by atoms with Crippen molar-refractivity contribution in [2.45, 2.75) is 59.2 Å². The molecule has 10 nitrogen and oxygen atoms in total. The maximum atomic E-state index is 14.3. The minimum Gasteiger partial charge on any atom is -0.493 e. The molecule has 0 unspecified atom stereocenters. The van der Waals surface area contributed by atoms with Crippen LogP contribution < -0.4 is 19.7 Å². The quantitative estimate of drug-likeness (QED) is 0.200. The Kier molecular flexibility index (Phi) is 11.8. The van der Waals surface area contributed by atoms with Gasteiger partial charge in [0.05, 0.1) is 26.1 Å². The fourth-order valence-corrected chi connectivity index (χ4v) is 5.88. The zero-order chi connectivity index (χ0) is 35.2. The minimum atomic E-state index is -1.18. The number of amides is 2. The normalized spacial score (nSPS) is 16.6. The van der Waals surface area contributed by atoms with Crippen molar-refractivity contribution < 1.29 is 38.8 Å². The molecule has 4 rings (SSSR count). The van der Waals surface area contributed by atoms with Gasteiger partial charge in [0.15, 0.2) is 11.5 Å². The van der Waals surface area contributed by atoms with Crippen LogP contribution in [0.4, 0.5) is 5.69 Å². The highest BCUT2D eigenvalue weighted by atomic mass is 35.5. The number of carbonyl (C=O) groups is 3. The van der Waals surface area contributed by atoms with Crippen LogP contribution in [0.3, 0.4) is 0 Å². The highest BCUT2D eigenvalue weighted by molar-refractivity contribution is 6.30. The lowest BCUT2D eigenvalue weighted by atomic mass is 9.86. The molecule has 1 aliphatic heterocycles. The number of nitrogens with one attached hydrogen (secondary N) is 1. The van der Waals surface area contributed by atoms with Crippen molar-refractivity contribution in [2.24, 2.45) is 10.8 Å². The van der Waals surface area contributed by atoms with Gasteiger partial charge in [-0.1, -0.05) is 61.8 Å². The van der Waals surface area contributed by atoms with Gasteiger partial charge in [0, 0.05) is 46.9 Å². The number of aliphatic hydroxyl groups is 1. The topological polar surface area (TPSA) is 135 Å². The zero-order valence-corrected chi connectivity index (χ0v) is 29.1. The summed E-state index contributed by atoms with van der Waals surface area (Å²) in [5.41, 5.74) is 2.11. The van der Waals surface area contributed by atoms with Gasteiger partial charge in [-0.2, -0.15) is 0 Å². The number of para-hydroxylation sites is 1. The monoisotopic (exact) mass is 680 g/mol. The van der Waals surface area contributed by atoms with Gasteiger partial charge in [-0.25, -0.2) is 0 Å². The molecule has 258 valence electrons. The third-order valence-electron chi connectivity index (χ3n) is 8.49. The maximum Gasteiger partial charge on any atom is 0.309 e. The second kappa shape index (κ2) is 15.4. The van der Waals surface area contributed by atoms with E-state index >= 15 is 0 Å². The van der Waals surface area contributed by atoms with E-state index in [2.05, 4.69) is 5.32 Å². The van der Waals surface area contributed by atoms with E-state index < -0.39 is 34.9 Å². The van der Waals surface area contributed by atoms with Crippen LogP contribution in [-0.2, 0) is 32.0 Å². The summed E-state index contributed by atoms with van der Waals surface area (Å²) in [5, 5.41) is 22.9. The molecule has 2 atom stereocenters. The predicted octanol–water partition coefficient (Wildman–Crippen LogP) is 5.60. The summed E-state index contributed by atoms with van der Waals surface area (Å²) in [4.78, 5) is 40.7. The van der Waals surface area contributed by atoms with Crippen molar-refractivity contribution >= 4 is 35.1 Å². The van der Waals surface area contributed by atoms with Gasteiger partial charge in [-0.3, -0.25) is 14.4 Å². The van der Waals surface area contributed by atoms with Crippen molar-refractivity contribution in [3.8, 4) is 11.5 Å². The highest BCUT2D eigenvalue weighted by Gasteiger charge is 2.40. The van der Waals surface area contributed by atoms with Gasteiger partial charge in [0.2, 0.25) is 5.91 Å². The van der Waals surface area contributed by atoms with E-state index in [-0.39, 0.29) is 25.5 Å². The number of rotatable bonds is 14. The van der Waals surface area contributed by atoms with E-state index in [0.717, 1.165) is 11.1 Å². The van der Waals surface area contributed by atoms with Gasteiger partial charge in [-0.05, 0) is 62.1 Å². The van der Waals surface area contributed by atoms with E-state index in [4.69, 9.17) is 25.8 Å². The Bertz CT molecular complexity index is 1620. The first-order valence-corrected chi connectivity index (χ1v) is 16.2. The number of carboxylic acids is 1. The van der Waals surface area contributed by atoms with Crippen LogP contribution in [0.15, 0.2) is 60.7 Å². The zero-order valence-electron chi connectivity index (χ0n) is 28.3. The predicted molar refractivity (Wildman–Crippen MR) is 184 cm³/mol. The van der Waals surface area contributed by atoms with E-state index in [1.165, 1.54) is 14.2 Å². The fraction of sp³-hybridized carbons (Fsp3) is 0.432. The summed E-state index contributed by atoms with van der Waals surface area (Å²) < 4.78 is 17.8. The first-order valence-electron chi connectivity index (χ1n) is 15.9. The lowest BCUT2D eigenvalue weighted by molar-refractivity contribution is -0.146. The third kappa shape index (κ3) is 8.66. The number of carbonyl (C=O) groups excluding carboxylic acids is 2. The Morgan fingerprint density at radius 1 is 0.979 bits per heavy atom. The summed E-state index contributed by atoms with van der Waals surface area (Å²) in [5.74, 6) is -0.737. The Labute approximate surface area is 287 Å². The van der Waals surface area contributed by atoms with Crippen molar-refractivity contribution in [1.82, 2.24) is 5.32 Å². The van der Waals surface area contributed by atoms with E-state index in [9.17, 15) is 24.6 Å². The summed E-state index contributed by atoms with van der Waals surface area (Å²) in [6.07, 6.45) is -1.33. The number of aliphatic carboxylic acids is 1. The molecule has 0 saturated heterocycles. The molecule has 3 aromatic carbocycles. The van der Waals surface area contributed by atoms with Crippen LogP contribution in [0, 0.1) is 10.8 Å². The molecular weight excluding hydrogens is 636 g/mol. The van der Waals surface area contributed by atoms with Crippen LogP contribution in [0.1, 0.15) is 62.5 Å². The van der Waals surface area contributed by atoms with Crippen molar-refractivity contribution in [3.05, 3.63) is 87.9 Å². The van der Waals surface area contributed by atoms with Gasteiger partial charge in [-0.15, -0.1) is 0 Å². The van der Waals surface area contributed by atoms with Crippen LogP contribution in [-0.4, -0.2) is 68.0 Å². The maximum absolute atomic E-state index is 14.3. The molecule has 11 heteroatoms. The Balaban J connectivity index is 1.59. The standard InChI is InChI=1S/C37H45ClN2O8/c1-36(2,22-41)21-40-28-15-14-25(38)18-27(28)32(26-8-7-9-29(46-5)33(26)47-6)48-30(34(40)43)19-31(42)39-17-16-23-10-12-24(13-11-23)20-37(3,4)35(44)45/h7-15,18,30,32,41H,16-17,19-22H2,1-6H3,(H,39,42)(H,44,45)/t30-,32-/m1/s1. The number of carboxylic acid groups (broad SMARTS) is 1. The van der Waals surface area contributed by atoms with Gasteiger partial charge in [0.25, 0.3) is 5.91 Å². The SMILES string of the molecule is COc1cccc([C@H]2O[C@H](CC(=O)NCCc3ccc(CC(C)(C)C(=O)O)cc3)C(=O)N(CC(C)(C)CO)c3ccc(Cl)cc32)c1OC. The molecule has 3 aromatic rings. The number of nitrogens with zero attached hydrogens (tertiary/aromatic N) is 1. The van der Waals surface area contributed by atoms with E-state index in [0.29, 0.717) is 52.7 Å². The number of benzene rings is 3. The minimum absolute atomic E-state index is 0.167. The number of aliphatic hydroxyl groups excluding tert-OH is 1. The molecule has 0 bridgehead atoms. The van der Waals surface area contributed by atoms with Crippen molar-refractivity contribution in [1.29, 1.82) is 0 Å². The lowest BCUT2D eigenvalue weighted by Gasteiger charge is -2.32. The smallest absolute Gasteiger partial charge is 0.309 e. The number of hydrogen-bond acceptors (Lipinski definition) is 7. The van der Waals surface area contributed by atoms with Gasteiger partial charge in [0.1, 0.15) is 12.2 Å². The number of methoxy groups -OCH3 is 2. The number of anilines is 1. The van der Waals surface area contributed by atoms with Gasteiger partial charge < -0.3 is 34.6 Å². The van der Waals surface area contributed by atoms with Crippen LogP contribution in [0.25, 0.3) is 0 Å². The van der Waals surface area contributed by atoms with Crippen LogP contribution in [0.2, 0.25) is 5.02 Å². The van der Waals surface area contributed by atoms with Crippen molar-refractivity contribution in [3.63, 3.8) is 0 Å². The number of fused-ring (bicyclic) bond motifs is 1. The fourth-order valence-electron chi connectivity index (χ4n) is 5.70. The molecule has 0 saturated carbocycles. The first kappa shape index (κ1) is 36.7. The summed E-state index contributed by atoms with van der Waals surface area (Å²) >= 11 is 6.49. The summed E-state index contributed by atoms with van der Waals surface area (Å²) in [6.45, 7) is 7.41. The molecule has 48 heavy (non-hydrogen) atoms. The number of ether oxygens (including phenoxy) is 3. The second-order valence-electron chi connectivity index (χ2n) is 13.5. The molecule has 1 heterocycles. The Hall–Kier alpha value is -4.12. The van der Waals surface area contributed by atoms with E-state index in [1.807, 2.05) is 44.2 Å². The molecule has 0 aromatic heterocycles. The Morgan fingerprint density at radius 3 is 2.29 bits per heavy atom.